The van der Waals surface area contributed by atoms with Crippen molar-refractivity contribution in [1.29, 1.82) is 0 Å². The Bertz CT molecular complexity index is 203. The van der Waals surface area contributed by atoms with E-state index in [0.717, 1.165) is 12.8 Å². The molecule has 0 saturated carbocycles. The Labute approximate surface area is 86.7 Å². The van der Waals surface area contributed by atoms with Gasteiger partial charge in [0.05, 0.1) is 5.38 Å². The summed E-state index contributed by atoms with van der Waals surface area (Å²) in [5.41, 5.74) is 2.82. The quantitative estimate of drug-likeness (QED) is 0.464. The van der Waals surface area contributed by atoms with Crippen LogP contribution in [0.1, 0.15) is 45.4 Å². The topological polar surface area (TPSA) is 0 Å². The van der Waals surface area contributed by atoms with E-state index in [1.165, 1.54) is 31.3 Å². The second-order valence-corrected chi connectivity index (χ2v) is 4.60. The van der Waals surface area contributed by atoms with Crippen LogP contribution in [0.2, 0.25) is 0 Å². The van der Waals surface area contributed by atoms with E-state index in [-0.39, 0.29) is 5.38 Å². The summed E-state index contributed by atoms with van der Waals surface area (Å²) in [6.07, 6.45) is 9.53. The van der Waals surface area contributed by atoms with Gasteiger partial charge in [-0.2, -0.15) is 0 Å². The molecule has 0 amide bonds. The number of hydrogen-bond acceptors (Lipinski definition) is 0. The lowest BCUT2D eigenvalue weighted by Gasteiger charge is -2.05. The van der Waals surface area contributed by atoms with Crippen LogP contribution in [-0.2, 0) is 0 Å². The van der Waals surface area contributed by atoms with Gasteiger partial charge >= 0.3 is 0 Å². The maximum absolute atomic E-state index is 6.13. The summed E-state index contributed by atoms with van der Waals surface area (Å²) < 4.78 is 0. The molecule has 1 rings (SSSR count). The van der Waals surface area contributed by atoms with Crippen molar-refractivity contribution < 1.29 is 0 Å². The molecule has 0 aromatic rings. The van der Waals surface area contributed by atoms with Gasteiger partial charge in [0.25, 0.3) is 0 Å². The number of alkyl halides is 1. The summed E-state index contributed by atoms with van der Waals surface area (Å²) in [5.74, 6) is 0. The maximum Gasteiger partial charge on any atom is 0.0518 e. The number of hydrogen-bond donors (Lipinski definition) is 0. The first-order valence-electron chi connectivity index (χ1n) is 5.16. The lowest BCUT2D eigenvalue weighted by atomic mass is 10.0. The van der Waals surface area contributed by atoms with Gasteiger partial charge in [0.2, 0.25) is 0 Å². The molecule has 74 valence electrons. The molecule has 0 radical (unpaired) electrons. The van der Waals surface area contributed by atoms with Gasteiger partial charge in [0, 0.05) is 0 Å². The molecule has 1 aliphatic rings. The van der Waals surface area contributed by atoms with Gasteiger partial charge in [-0.1, -0.05) is 23.6 Å². The van der Waals surface area contributed by atoms with Crippen molar-refractivity contribution >= 4 is 11.6 Å². The maximum atomic E-state index is 6.13. The standard InChI is InChI=1S/C12H19Cl/c1-10(2)7-8-11-5-3-4-6-12(13)9-11/h9,12H,1,3-8H2,2H3. The van der Waals surface area contributed by atoms with Gasteiger partial charge in [-0.15, -0.1) is 18.2 Å². The highest BCUT2D eigenvalue weighted by molar-refractivity contribution is 6.21. The lowest BCUT2D eigenvalue weighted by molar-refractivity contribution is 0.703. The van der Waals surface area contributed by atoms with Crippen molar-refractivity contribution in [2.45, 2.75) is 50.8 Å². The molecule has 0 bridgehead atoms. The monoisotopic (exact) mass is 198 g/mol. The van der Waals surface area contributed by atoms with Crippen LogP contribution >= 0.6 is 11.6 Å². The van der Waals surface area contributed by atoms with Gasteiger partial charge in [-0.3, -0.25) is 0 Å². The minimum Gasteiger partial charge on any atom is -0.118 e. The summed E-state index contributed by atoms with van der Waals surface area (Å²) >= 11 is 6.13. The van der Waals surface area contributed by atoms with Gasteiger partial charge in [-0.05, 0) is 39.0 Å². The van der Waals surface area contributed by atoms with Crippen LogP contribution < -0.4 is 0 Å². The van der Waals surface area contributed by atoms with Crippen LogP contribution in [0.5, 0.6) is 0 Å². The summed E-state index contributed by atoms with van der Waals surface area (Å²) in [5, 5.41) is 0.280. The molecule has 1 aliphatic carbocycles. The highest BCUT2D eigenvalue weighted by Crippen LogP contribution is 2.24. The van der Waals surface area contributed by atoms with Gasteiger partial charge in [-0.25, -0.2) is 0 Å². The summed E-state index contributed by atoms with van der Waals surface area (Å²) in [4.78, 5) is 0. The van der Waals surface area contributed by atoms with Crippen LogP contribution in [0.15, 0.2) is 23.8 Å². The van der Waals surface area contributed by atoms with E-state index in [1.54, 1.807) is 5.57 Å². The van der Waals surface area contributed by atoms with E-state index < -0.39 is 0 Å². The fourth-order valence-electron chi connectivity index (χ4n) is 1.70. The fourth-order valence-corrected chi connectivity index (χ4v) is 2.03. The smallest absolute Gasteiger partial charge is 0.0518 e. The highest BCUT2D eigenvalue weighted by atomic mass is 35.5. The van der Waals surface area contributed by atoms with Crippen LogP contribution in [0.4, 0.5) is 0 Å². The Balaban J connectivity index is 2.41. The zero-order valence-corrected chi connectivity index (χ0v) is 9.24. The Morgan fingerprint density at radius 2 is 2.38 bits per heavy atom. The third kappa shape index (κ3) is 4.52. The minimum absolute atomic E-state index is 0.280. The van der Waals surface area contributed by atoms with Crippen LogP contribution in [0.25, 0.3) is 0 Å². The van der Waals surface area contributed by atoms with Crippen molar-refractivity contribution in [3.8, 4) is 0 Å². The summed E-state index contributed by atoms with van der Waals surface area (Å²) in [6.45, 7) is 6.01. The number of halogens is 1. The molecule has 0 nitrogen and oxygen atoms in total. The molecule has 0 N–H and O–H groups in total. The second kappa shape index (κ2) is 5.49. The van der Waals surface area contributed by atoms with Crippen molar-refractivity contribution in [3.63, 3.8) is 0 Å². The van der Waals surface area contributed by atoms with Crippen molar-refractivity contribution in [2.75, 3.05) is 0 Å². The average molecular weight is 199 g/mol. The van der Waals surface area contributed by atoms with E-state index >= 15 is 0 Å². The van der Waals surface area contributed by atoms with Crippen molar-refractivity contribution in [3.05, 3.63) is 23.8 Å². The second-order valence-electron chi connectivity index (χ2n) is 4.04. The van der Waals surface area contributed by atoms with Gasteiger partial charge in [0.15, 0.2) is 0 Å². The highest BCUT2D eigenvalue weighted by Gasteiger charge is 2.08. The molecule has 1 atom stereocenters. The van der Waals surface area contributed by atoms with Gasteiger partial charge in [0.1, 0.15) is 0 Å². The summed E-state index contributed by atoms with van der Waals surface area (Å²) in [6, 6.07) is 0. The molecular formula is C12H19Cl. The Hall–Kier alpha value is -0.230. The molecule has 0 fully saturated rings. The Morgan fingerprint density at radius 3 is 3.08 bits per heavy atom. The first-order valence-corrected chi connectivity index (χ1v) is 5.60. The van der Waals surface area contributed by atoms with Crippen LogP contribution in [0.3, 0.4) is 0 Å². The number of rotatable bonds is 3. The predicted octanol–water partition coefficient (Wildman–Crippen LogP) is 4.45. The zero-order valence-electron chi connectivity index (χ0n) is 8.48. The Morgan fingerprint density at radius 1 is 1.62 bits per heavy atom. The molecule has 1 heteroatoms. The predicted molar refractivity (Wildman–Crippen MR) is 60.2 cm³/mol. The molecule has 0 saturated heterocycles. The van der Waals surface area contributed by atoms with Crippen molar-refractivity contribution in [2.24, 2.45) is 0 Å². The zero-order chi connectivity index (χ0) is 9.68. The molecule has 13 heavy (non-hydrogen) atoms. The summed E-state index contributed by atoms with van der Waals surface area (Å²) in [7, 11) is 0. The first kappa shape index (κ1) is 10.8. The molecular weight excluding hydrogens is 180 g/mol. The average Bonchev–Trinajstić information content (AvgIpc) is 2.26. The third-order valence-electron chi connectivity index (χ3n) is 2.52. The van der Waals surface area contributed by atoms with Crippen LogP contribution in [-0.4, -0.2) is 5.38 Å². The van der Waals surface area contributed by atoms with E-state index in [4.69, 9.17) is 11.6 Å². The molecule has 0 spiro atoms. The third-order valence-corrected chi connectivity index (χ3v) is 2.86. The van der Waals surface area contributed by atoms with Crippen molar-refractivity contribution in [1.82, 2.24) is 0 Å². The van der Waals surface area contributed by atoms with E-state index in [0.29, 0.717) is 0 Å². The lowest BCUT2D eigenvalue weighted by Crippen LogP contribution is -1.91. The fraction of sp³-hybridized carbons (Fsp3) is 0.667. The molecule has 0 aliphatic heterocycles. The largest absolute Gasteiger partial charge is 0.118 e. The van der Waals surface area contributed by atoms with Gasteiger partial charge < -0.3 is 0 Å². The normalized spacial score (nSPS) is 23.5. The van der Waals surface area contributed by atoms with Crippen LogP contribution in [0, 0.1) is 0 Å². The minimum atomic E-state index is 0.280. The van der Waals surface area contributed by atoms with E-state index in [9.17, 15) is 0 Å². The molecule has 1 unspecified atom stereocenters. The molecule has 0 heterocycles. The molecule has 0 aromatic carbocycles. The van der Waals surface area contributed by atoms with E-state index in [1.807, 2.05) is 0 Å². The SMILES string of the molecule is C=C(C)CCC1=CC(Cl)CCCC1. The molecule has 0 aromatic heterocycles. The Kier molecular flexibility index (Phi) is 4.58. The first-order chi connectivity index (χ1) is 6.18. The number of allylic oxidation sites excluding steroid dienone is 3. The van der Waals surface area contributed by atoms with E-state index in [2.05, 4.69) is 19.6 Å².